The number of halogens is 1. The smallest absolute Gasteiger partial charge is 0.338 e. The molecule has 135 valence electrons. The van der Waals surface area contributed by atoms with Gasteiger partial charge in [0.1, 0.15) is 6.10 Å². The van der Waals surface area contributed by atoms with Gasteiger partial charge in [0, 0.05) is 12.2 Å². The first kappa shape index (κ1) is 18.5. The Morgan fingerprint density at radius 3 is 2.23 bits per heavy atom. The number of ether oxygens (including phenoxy) is 2. The fourth-order valence-corrected chi connectivity index (χ4v) is 3.90. The third-order valence-corrected chi connectivity index (χ3v) is 5.24. The largest absolute Gasteiger partial charge is 0.454 e. The summed E-state index contributed by atoms with van der Waals surface area (Å²) in [5.74, 6) is -1.21. The van der Waals surface area contributed by atoms with Crippen LogP contribution in [0.1, 0.15) is 17.3 Å². The number of hydrogen-bond acceptors (Lipinski definition) is 5. The molecule has 6 heteroatoms. The van der Waals surface area contributed by atoms with E-state index >= 15 is 0 Å². The molecule has 1 unspecified atom stereocenters. The molecule has 0 saturated carbocycles. The minimum absolute atomic E-state index is 0.324. The monoisotopic (exact) mass is 373 g/mol. The summed E-state index contributed by atoms with van der Waals surface area (Å²) in [5.41, 5.74) is 1.32. The number of esters is 2. The van der Waals surface area contributed by atoms with E-state index < -0.39 is 34.9 Å². The van der Waals surface area contributed by atoms with Crippen LogP contribution in [0.3, 0.4) is 0 Å². The van der Waals surface area contributed by atoms with E-state index in [9.17, 15) is 14.0 Å². The van der Waals surface area contributed by atoms with Gasteiger partial charge >= 0.3 is 11.9 Å². The predicted molar refractivity (Wildman–Crippen MR) is 98.3 cm³/mol. The van der Waals surface area contributed by atoms with Crippen molar-refractivity contribution < 1.29 is 23.5 Å². The Morgan fingerprint density at radius 1 is 1.00 bits per heavy atom. The number of hydrogen-bond donors (Lipinski definition) is 0. The van der Waals surface area contributed by atoms with Gasteiger partial charge in [-0.05, 0) is 30.2 Å². The maximum absolute atomic E-state index is 14.4. The van der Waals surface area contributed by atoms with Crippen molar-refractivity contribution >= 4 is 23.7 Å². The standard InChI is InChI=1S/C20H18FO4S/c1-12-18(17(21)20(26-12)24-13(2)22)25-19(23)16-10-8-15(9-11-16)14-6-4-3-5-7-14/h3-12,17-18,20H,1H2,2H3/t12-,17+,18-,20?/m1/s1. The van der Waals surface area contributed by atoms with Crippen LogP contribution in [0.2, 0.25) is 0 Å². The number of carbonyl (C=O) groups excluding carboxylic acids is 2. The number of carbonyl (C=O) groups is 2. The molecule has 1 aliphatic heterocycles. The second kappa shape index (κ2) is 7.91. The van der Waals surface area contributed by atoms with E-state index in [1.807, 2.05) is 42.5 Å². The van der Waals surface area contributed by atoms with Gasteiger partial charge in [-0.1, -0.05) is 42.5 Å². The highest BCUT2D eigenvalue weighted by atomic mass is 32.2. The van der Waals surface area contributed by atoms with E-state index in [-0.39, 0.29) is 0 Å². The fraction of sp³-hybridized carbons (Fsp3) is 0.250. The lowest BCUT2D eigenvalue weighted by atomic mass is 10.0. The Bertz CT molecular complexity index is 778. The molecule has 1 radical (unpaired) electrons. The van der Waals surface area contributed by atoms with Gasteiger partial charge in [0.2, 0.25) is 0 Å². The predicted octanol–water partition coefficient (Wildman–Crippen LogP) is 4.06. The Labute approximate surface area is 155 Å². The van der Waals surface area contributed by atoms with Gasteiger partial charge in [-0.3, -0.25) is 4.79 Å². The number of benzene rings is 2. The van der Waals surface area contributed by atoms with Crippen LogP contribution in [0.15, 0.2) is 54.6 Å². The molecule has 1 saturated heterocycles. The molecule has 0 amide bonds. The lowest BCUT2D eigenvalue weighted by Gasteiger charge is -2.18. The second-order valence-corrected chi connectivity index (χ2v) is 7.25. The average molecular weight is 373 g/mol. The van der Waals surface area contributed by atoms with Crippen LogP contribution < -0.4 is 0 Å². The van der Waals surface area contributed by atoms with Crippen molar-refractivity contribution in [3.8, 4) is 11.1 Å². The molecular formula is C20H18FO4S. The molecule has 4 atom stereocenters. The molecule has 1 heterocycles. The van der Waals surface area contributed by atoms with E-state index in [0.29, 0.717) is 5.56 Å². The first-order valence-corrected chi connectivity index (χ1v) is 9.06. The Hall–Kier alpha value is -2.34. The average Bonchev–Trinajstić information content (AvgIpc) is 2.89. The molecule has 1 aliphatic rings. The van der Waals surface area contributed by atoms with Gasteiger partial charge in [0.05, 0.1) is 5.56 Å². The minimum atomic E-state index is -1.61. The Balaban J connectivity index is 1.67. The third kappa shape index (κ3) is 4.07. The van der Waals surface area contributed by atoms with Gasteiger partial charge in [-0.25, -0.2) is 9.18 Å². The normalized spacial score (nSPS) is 24.9. The van der Waals surface area contributed by atoms with Crippen LogP contribution in [0.4, 0.5) is 4.39 Å². The Morgan fingerprint density at radius 2 is 1.62 bits per heavy atom. The van der Waals surface area contributed by atoms with Crippen molar-refractivity contribution in [2.75, 3.05) is 0 Å². The van der Waals surface area contributed by atoms with Gasteiger partial charge in [0.25, 0.3) is 0 Å². The zero-order valence-corrected chi connectivity index (χ0v) is 14.9. The molecule has 0 aromatic heterocycles. The third-order valence-electron chi connectivity index (χ3n) is 4.00. The molecular weight excluding hydrogens is 355 g/mol. The summed E-state index contributed by atoms with van der Waals surface area (Å²) in [4.78, 5) is 23.4. The van der Waals surface area contributed by atoms with Crippen molar-refractivity contribution in [2.24, 2.45) is 0 Å². The summed E-state index contributed by atoms with van der Waals surface area (Å²) in [7, 11) is 0. The topological polar surface area (TPSA) is 52.6 Å². The van der Waals surface area contributed by atoms with Crippen molar-refractivity contribution in [3.05, 3.63) is 67.1 Å². The SMILES string of the molecule is [CH2][C@H]1SC(OC(C)=O)[C@@H](F)[C@@H]1OC(=O)c1ccc(-c2ccccc2)cc1. The maximum atomic E-state index is 14.4. The van der Waals surface area contributed by atoms with Crippen molar-refractivity contribution in [2.45, 2.75) is 29.9 Å². The number of thioether (sulfide) groups is 1. The van der Waals surface area contributed by atoms with Crippen molar-refractivity contribution in [3.63, 3.8) is 0 Å². The molecule has 26 heavy (non-hydrogen) atoms. The molecule has 4 nitrogen and oxygen atoms in total. The zero-order chi connectivity index (χ0) is 18.7. The van der Waals surface area contributed by atoms with E-state index in [1.165, 1.54) is 6.92 Å². The molecule has 1 fully saturated rings. The van der Waals surface area contributed by atoms with E-state index in [1.54, 1.807) is 12.1 Å². The summed E-state index contributed by atoms with van der Waals surface area (Å²) < 4.78 is 24.6. The van der Waals surface area contributed by atoms with Crippen molar-refractivity contribution in [1.29, 1.82) is 0 Å². The number of alkyl halides is 1. The molecule has 0 spiro atoms. The molecule has 2 aromatic rings. The highest BCUT2D eigenvalue weighted by molar-refractivity contribution is 8.00. The second-order valence-electron chi connectivity index (χ2n) is 5.91. The maximum Gasteiger partial charge on any atom is 0.338 e. The lowest BCUT2D eigenvalue weighted by molar-refractivity contribution is -0.145. The minimum Gasteiger partial charge on any atom is -0.454 e. The first-order valence-electron chi connectivity index (χ1n) is 8.12. The molecule has 0 bridgehead atoms. The van der Waals surface area contributed by atoms with Crippen LogP contribution in [-0.4, -0.2) is 34.9 Å². The van der Waals surface area contributed by atoms with Gasteiger partial charge in [-0.2, -0.15) is 0 Å². The summed E-state index contributed by atoms with van der Waals surface area (Å²) >= 11 is 1.04. The zero-order valence-electron chi connectivity index (χ0n) is 14.1. The lowest BCUT2D eigenvalue weighted by Crippen LogP contribution is -2.34. The fourth-order valence-electron chi connectivity index (χ4n) is 2.70. The first-order chi connectivity index (χ1) is 12.5. The summed E-state index contributed by atoms with van der Waals surface area (Å²) in [5, 5.41) is -0.554. The van der Waals surface area contributed by atoms with Crippen molar-refractivity contribution in [1.82, 2.24) is 0 Å². The van der Waals surface area contributed by atoms with E-state index in [4.69, 9.17) is 9.47 Å². The summed E-state index contributed by atoms with van der Waals surface area (Å²) in [6.45, 7) is 4.99. The molecule has 3 rings (SSSR count). The van der Waals surface area contributed by atoms with Gasteiger partial charge in [-0.15, -0.1) is 11.8 Å². The highest BCUT2D eigenvalue weighted by Gasteiger charge is 2.47. The van der Waals surface area contributed by atoms with Gasteiger partial charge < -0.3 is 9.47 Å². The highest BCUT2D eigenvalue weighted by Crippen LogP contribution is 2.38. The molecule has 0 aliphatic carbocycles. The van der Waals surface area contributed by atoms with Gasteiger partial charge in [0.15, 0.2) is 11.6 Å². The quantitative estimate of drug-likeness (QED) is 0.757. The van der Waals surface area contributed by atoms with Crippen LogP contribution in [0.25, 0.3) is 11.1 Å². The Kier molecular flexibility index (Phi) is 5.61. The van der Waals surface area contributed by atoms with Crippen LogP contribution in [-0.2, 0) is 14.3 Å². The molecule has 0 N–H and O–H groups in total. The summed E-state index contributed by atoms with van der Waals surface area (Å²) in [6.07, 6.45) is -2.68. The molecule has 2 aromatic carbocycles. The summed E-state index contributed by atoms with van der Waals surface area (Å²) in [6, 6.07) is 16.6. The van der Waals surface area contributed by atoms with Crippen LogP contribution in [0, 0.1) is 6.92 Å². The van der Waals surface area contributed by atoms with E-state index in [0.717, 1.165) is 22.9 Å². The van der Waals surface area contributed by atoms with Crippen LogP contribution in [0.5, 0.6) is 0 Å². The van der Waals surface area contributed by atoms with Crippen LogP contribution >= 0.6 is 11.8 Å². The number of rotatable bonds is 4. The van der Waals surface area contributed by atoms with E-state index in [2.05, 4.69) is 6.92 Å².